The second-order valence-corrected chi connectivity index (χ2v) is 5.08. The topological polar surface area (TPSA) is 29.5 Å². The third kappa shape index (κ3) is 3.18. The van der Waals surface area contributed by atoms with E-state index in [-0.39, 0.29) is 11.7 Å². The first-order valence-corrected chi connectivity index (χ1v) is 6.83. The van der Waals surface area contributed by atoms with Gasteiger partial charge in [0.15, 0.2) is 11.6 Å². The van der Waals surface area contributed by atoms with Gasteiger partial charge in [0, 0.05) is 13.1 Å². The number of likely N-dealkylation sites (tertiary alicyclic amines) is 1. The van der Waals surface area contributed by atoms with Crippen LogP contribution in [0.25, 0.3) is 0 Å². The molecule has 0 spiro atoms. The van der Waals surface area contributed by atoms with Crippen molar-refractivity contribution in [1.29, 1.82) is 0 Å². The van der Waals surface area contributed by atoms with Crippen molar-refractivity contribution in [2.24, 2.45) is 0 Å². The van der Waals surface area contributed by atoms with Gasteiger partial charge in [-0.1, -0.05) is 6.07 Å². The van der Waals surface area contributed by atoms with Crippen LogP contribution in [0, 0.1) is 5.82 Å². The lowest BCUT2D eigenvalue weighted by molar-refractivity contribution is -0.131. The number of carbonyl (C=O) groups excluding carboxylic acids is 1. The molecule has 1 aromatic carbocycles. The van der Waals surface area contributed by atoms with Crippen LogP contribution in [-0.2, 0) is 4.79 Å². The SMILES string of the molecule is COc1ccc(C(Cl)C(=O)N2CCCCC2)cc1F. The summed E-state index contributed by atoms with van der Waals surface area (Å²) < 4.78 is 18.5. The zero-order valence-electron chi connectivity index (χ0n) is 10.9. The van der Waals surface area contributed by atoms with E-state index in [9.17, 15) is 9.18 Å². The lowest BCUT2D eigenvalue weighted by Crippen LogP contribution is -2.37. The molecule has 1 aromatic rings. The Bertz CT molecular complexity index is 461. The largest absolute Gasteiger partial charge is 0.494 e. The molecule has 3 nitrogen and oxygen atoms in total. The van der Waals surface area contributed by atoms with Gasteiger partial charge in [0.25, 0.3) is 0 Å². The molecule has 1 atom stereocenters. The van der Waals surface area contributed by atoms with Gasteiger partial charge < -0.3 is 9.64 Å². The second-order valence-electron chi connectivity index (χ2n) is 4.64. The number of nitrogens with zero attached hydrogens (tertiary/aromatic N) is 1. The number of ether oxygens (including phenoxy) is 1. The van der Waals surface area contributed by atoms with Crippen molar-refractivity contribution in [1.82, 2.24) is 4.90 Å². The van der Waals surface area contributed by atoms with Gasteiger partial charge in [-0.25, -0.2) is 4.39 Å². The predicted octanol–water partition coefficient (Wildman–Crippen LogP) is 3.13. The maximum atomic E-state index is 13.6. The number of hydrogen-bond acceptors (Lipinski definition) is 2. The van der Waals surface area contributed by atoms with Gasteiger partial charge in [0.05, 0.1) is 7.11 Å². The minimum atomic E-state index is -0.835. The maximum absolute atomic E-state index is 13.6. The smallest absolute Gasteiger partial charge is 0.245 e. The number of methoxy groups -OCH3 is 1. The highest BCUT2D eigenvalue weighted by atomic mass is 35.5. The van der Waals surface area contributed by atoms with Crippen molar-refractivity contribution in [3.05, 3.63) is 29.6 Å². The molecule has 1 aliphatic heterocycles. The zero-order valence-corrected chi connectivity index (χ0v) is 11.6. The Morgan fingerprint density at radius 1 is 1.37 bits per heavy atom. The van der Waals surface area contributed by atoms with E-state index in [0.717, 1.165) is 32.4 Å². The number of hydrogen-bond donors (Lipinski definition) is 0. The van der Waals surface area contributed by atoms with Crippen molar-refractivity contribution in [2.75, 3.05) is 20.2 Å². The van der Waals surface area contributed by atoms with E-state index in [1.165, 1.54) is 19.2 Å². The molecule has 5 heteroatoms. The highest BCUT2D eigenvalue weighted by molar-refractivity contribution is 6.30. The van der Waals surface area contributed by atoms with Crippen LogP contribution in [0.15, 0.2) is 18.2 Å². The number of amides is 1. The highest BCUT2D eigenvalue weighted by Gasteiger charge is 2.25. The fourth-order valence-corrected chi connectivity index (χ4v) is 2.53. The van der Waals surface area contributed by atoms with Crippen molar-refractivity contribution < 1.29 is 13.9 Å². The monoisotopic (exact) mass is 285 g/mol. The van der Waals surface area contributed by atoms with Crippen LogP contribution in [-0.4, -0.2) is 31.0 Å². The van der Waals surface area contributed by atoms with Gasteiger partial charge in [0.1, 0.15) is 5.38 Å². The number of alkyl halides is 1. The van der Waals surface area contributed by atoms with Crippen molar-refractivity contribution in [3.63, 3.8) is 0 Å². The molecule has 1 heterocycles. The summed E-state index contributed by atoms with van der Waals surface area (Å²) in [6.45, 7) is 1.47. The average molecular weight is 286 g/mol. The fourth-order valence-electron chi connectivity index (χ4n) is 2.26. The average Bonchev–Trinajstić information content (AvgIpc) is 2.46. The van der Waals surface area contributed by atoms with Crippen LogP contribution in [0.2, 0.25) is 0 Å². The Kier molecular flexibility index (Phi) is 4.64. The Morgan fingerprint density at radius 3 is 2.63 bits per heavy atom. The van der Waals surface area contributed by atoms with E-state index in [0.29, 0.717) is 5.56 Å². The van der Waals surface area contributed by atoms with Crippen LogP contribution < -0.4 is 4.74 Å². The maximum Gasteiger partial charge on any atom is 0.245 e. The first-order valence-electron chi connectivity index (χ1n) is 6.40. The van der Waals surface area contributed by atoms with Gasteiger partial charge in [-0.05, 0) is 37.0 Å². The van der Waals surface area contributed by atoms with E-state index < -0.39 is 11.2 Å². The Morgan fingerprint density at radius 2 is 2.05 bits per heavy atom. The molecule has 19 heavy (non-hydrogen) atoms. The summed E-state index contributed by atoms with van der Waals surface area (Å²) in [5.74, 6) is -0.499. The third-order valence-electron chi connectivity index (χ3n) is 3.35. The second kappa shape index (κ2) is 6.24. The summed E-state index contributed by atoms with van der Waals surface area (Å²) in [5, 5.41) is -0.835. The van der Waals surface area contributed by atoms with E-state index in [1.54, 1.807) is 11.0 Å². The minimum Gasteiger partial charge on any atom is -0.494 e. The minimum absolute atomic E-state index is 0.147. The molecule has 0 bridgehead atoms. The van der Waals surface area contributed by atoms with Crippen molar-refractivity contribution in [3.8, 4) is 5.75 Å². The van der Waals surface area contributed by atoms with Gasteiger partial charge in [0.2, 0.25) is 5.91 Å². The molecule has 1 aliphatic rings. The summed E-state index contributed by atoms with van der Waals surface area (Å²) in [5.41, 5.74) is 0.468. The molecule has 104 valence electrons. The highest BCUT2D eigenvalue weighted by Crippen LogP contribution is 2.28. The lowest BCUT2D eigenvalue weighted by Gasteiger charge is -2.28. The normalized spacial score (nSPS) is 17.1. The number of benzene rings is 1. The van der Waals surface area contributed by atoms with Crippen molar-refractivity contribution >= 4 is 17.5 Å². The van der Waals surface area contributed by atoms with Crippen LogP contribution >= 0.6 is 11.6 Å². The molecule has 1 fully saturated rings. The molecule has 2 rings (SSSR count). The van der Waals surface area contributed by atoms with Crippen LogP contribution in [0.1, 0.15) is 30.2 Å². The number of carbonyl (C=O) groups is 1. The molecular weight excluding hydrogens is 269 g/mol. The van der Waals surface area contributed by atoms with E-state index in [1.807, 2.05) is 0 Å². The zero-order chi connectivity index (χ0) is 13.8. The number of piperidine rings is 1. The number of halogens is 2. The predicted molar refractivity (Wildman–Crippen MR) is 72.0 cm³/mol. The Balaban J connectivity index is 2.11. The van der Waals surface area contributed by atoms with Gasteiger partial charge in [-0.3, -0.25) is 4.79 Å². The molecule has 0 saturated carbocycles. The molecule has 0 aromatic heterocycles. The van der Waals surface area contributed by atoms with E-state index in [4.69, 9.17) is 16.3 Å². The number of rotatable bonds is 3. The molecule has 0 N–H and O–H groups in total. The molecule has 0 radical (unpaired) electrons. The van der Waals surface area contributed by atoms with Gasteiger partial charge in [-0.15, -0.1) is 11.6 Å². The Labute approximate surface area is 117 Å². The summed E-state index contributed by atoms with van der Waals surface area (Å²) in [6, 6.07) is 4.38. The molecule has 1 unspecified atom stereocenters. The third-order valence-corrected chi connectivity index (χ3v) is 3.79. The summed E-state index contributed by atoms with van der Waals surface area (Å²) in [6.07, 6.45) is 3.16. The van der Waals surface area contributed by atoms with E-state index >= 15 is 0 Å². The quantitative estimate of drug-likeness (QED) is 0.799. The van der Waals surface area contributed by atoms with Crippen LogP contribution in [0.4, 0.5) is 4.39 Å². The first-order chi connectivity index (χ1) is 9.13. The summed E-state index contributed by atoms with van der Waals surface area (Å²) in [7, 11) is 1.40. The fraction of sp³-hybridized carbons (Fsp3) is 0.500. The molecule has 0 aliphatic carbocycles. The summed E-state index contributed by atoms with van der Waals surface area (Å²) in [4.78, 5) is 14.0. The molecule has 1 amide bonds. The van der Waals surface area contributed by atoms with Gasteiger partial charge in [-0.2, -0.15) is 0 Å². The molecular formula is C14H17ClFNO2. The summed E-state index contributed by atoms with van der Waals surface area (Å²) >= 11 is 6.16. The van der Waals surface area contributed by atoms with Gasteiger partial charge >= 0.3 is 0 Å². The van der Waals surface area contributed by atoms with Crippen molar-refractivity contribution in [2.45, 2.75) is 24.6 Å². The standard InChI is InChI=1S/C14H17ClFNO2/c1-19-12-6-5-10(9-11(12)16)13(15)14(18)17-7-3-2-4-8-17/h5-6,9,13H,2-4,7-8H2,1H3. The first kappa shape index (κ1) is 14.1. The van der Waals surface area contributed by atoms with E-state index in [2.05, 4.69) is 0 Å². The van der Waals surface area contributed by atoms with Crippen LogP contribution in [0.5, 0.6) is 5.75 Å². The Hall–Kier alpha value is -1.29. The molecule has 1 saturated heterocycles. The lowest BCUT2D eigenvalue weighted by atomic mass is 10.1. The van der Waals surface area contributed by atoms with Crippen LogP contribution in [0.3, 0.4) is 0 Å².